The fraction of sp³-hybridized carbons (Fsp3) is 0.273. The fourth-order valence-corrected chi connectivity index (χ4v) is 2.70. The fourth-order valence-electron chi connectivity index (χ4n) is 1.58. The van der Waals surface area contributed by atoms with E-state index < -0.39 is 0 Å². The smallest absolute Gasteiger partial charge is 0.138 e. The van der Waals surface area contributed by atoms with Crippen molar-refractivity contribution in [2.24, 2.45) is 0 Å². The van der Waals surface area contributed by atoms with Crippen molar-refractivity contribution < 1.29 is 10.2 Å². The normalized spacial score (nSPS) is 11.0. The lowest BCUT2D eigenvalue weighted by Crippen LogP contribution is -1.84. The van der Waals surface area contributed by atoms with Gasteiger partial charge in [0, 0.05) is 5.56 Å². The molecule has 74 valence electrons. The van der Waals surface area contributed by atoms with Gasteiger partial charge in [-0.15, -0.1) is 11.3 Å². The van der Waals surface area contributed by atoms with Gasteiger partial charge in [-0.3, -0.25) is 0 Å². The van der Waals surface area contributed by atoms with Gasteiger partial charge in [0.2, 0.25) is 0 Å². The summed E-state index contributed by atoms with van der Waals surface area (Å²) in [5, 5.41) is 22.0. The van der Waals surface area contributed by atoms with Crippen LogP contribution in [0, 0.1) is 0 Å². The average Bonchev–Trinajstić information content (AvgIpc) is 2.62. The molecule has 2 aromatic rings. The van der Waals surface area contributed by atoms with Crippen LogP contribution in [0.3, 0.4) is 0 Å². The van der Waals surface area contributed by atoms with Gasteiger partial charge in [0.05, 0.1) is 11.3 Å². The molecule has 0 saturated carbocycles. The summed E-state index contributed by atoms with van der Waals surface area (Å²) in [5.74, 6) is 0.231. The Labute approximate surface area is 86.4 Å². The van der Waals surface area contributed by atoms with Crippen LogP contribution in [0.4, 0.5) is 0 Å². The minimum atomic E-state index is -0.110. The molecule has 0 atom stereocenters. The van der Waals surface area contributed by atoms with Gasteiger partial charge >= 0.3 is 0 Å². The Hall–Kier alpha value is -1.06. The van der Waals surface area contributed by atoms with Crippen molar-refractivity contribution in [2.75, 3.05) is 0 Å². The molecule has 0 amide bonds. The maximum absolute atomic E-state index is 9.81. The molecule has 0 spiro atoms. The van der Waals surface area contributed by atoms with Crippen molar-refractivity contribution in [1.82, 2.24) is 0 Å². The van der Waals surface area contributed by atoms with Crippen LogP contribution in [0.1, 0.15) is 18.1 Å². The van der Waals surface area contributed by atoms with Crippen LogP contribution in [-0.4, -0.2) is 10.2 Å². The Morgan fingerprint density at radius 1 is 1.29 bits per heavy atom. The number of benzene rings is 1. The first-order valence-electron chi connectivity index (χ1n) is 4.59. The third-order valence-corrected chi connectivity index (χ3v) is 3.48. The van der Waals surface area contributed by atoms with Crippen molar-refractivity contribution in [3.63, 3.8) is 0 Å². The third kappa shape index (κ3) is 1.29. The summed E-state index contributed by atoms with van der Waals surface area (Å²) in [6.45, 7) is 1.99. The van der Waals surface area contributed by atoms with Gasteiger partial charge in [-0.2, -0.15) is 0 Å². The molecule has 0 saturated heterocycles. The van der Waals surface area contributed by atoms with E-state index in [9.17, 15) is 5.11 Å². The molecule has 0 radical (unpaired) electrons. The second kappa shape index (κ2) is 3.59. The number of thiophene rings is 1. The second-order valence-electron chi connectivity index (χ2n) is 3.22. The number of hydrogen-bond acceptors (Lipinski definition) is 3. The highest BCUT2D eigenvalue weighted by atomic mass is 32.1. The van der Waals surface area contributed by atoms with E-state index in [1.54, 1.807) is 6.07 Å². The zero-order chi connectivity index (χ0) is 10.1. The molecule has 0 unspecified atom stereocenters. The summed E-state index contributed by atoms with van der Waals surface area (Å²) in [4.78, 5) is 0. The van der Waals surface area contributed by atoms with E-state index >= 15 is 0 Å². The van der Waals surface area contributed by atoms with E-state index in [-0.39, 0.29) is 12.4 Å². The SMILES string of the molecule is CCc1csc2c(O)c(CO)ccc12. The third-order valence-electron chi connectivity index (χ3n) is 2.43. The Morgan fingerprint density at radius 3 is 2.71 bits per heavy atom. The lowest BCUT2D eigenvalue weighted by Gasteiger charge is -2.02. The van der Waals surface area contributed by atoms with Crippen LogP contribution in [-0.2, 0) is 13.0 Å². The minimum Gasteiger partial charge on any atom is -0.506 e. The summed E-state index contributed by atoms with van der Waals surface area (Å²) >= 11 is 1.53. The zero-order valence-corrected chi connectivity index (χ0v) is 8.77. The molecule has 2 N–H and O–H groups in total. The molecule has 0 aliphatic carbocycles. The van der Waals surface area contributed by atoms with Crippen molar-refractivity contribution in [3.05, 3.63) is 28.6 Å². The van der Waals surface area contributed by atoms with Crippen LogP contribution < -0.4 is 0 Å². The molecule has 1 heterocycles. The van der Waals surface area contributed by atoms with E-state index in [1.165, 1.54) is 16.9 Å². The number of aliphatic hydroxyl groups excluding tert-OH is 1. The van der Waals surface area contributed by atoms with Crippen LogP contribution in [0.2, 0.25) is 0 Å². The highest BCUT2D eigenvalue weighted by Crippen LogP contribution is 2.35. The predicted molar refractivity (Wildman–Crippen MR) is 58.8 cm³/mol. The number of aromatic hydroxyl groups is 1. The monoisotopic (exact) mass is 208 g/mol. The highest BCUT2D eigenvalue weighted by Gasteiger charge is 2.09. The van der Waals surface area contributed by atoms with E-state index in [0.29, 0.717) is 5.56 Å². The van der Waals surface area contributed by atoms with Crippen LogP contribution in [0.15, 0.2) is 17.5 Å². The van der Waals surface area contributed by atoms with Crippen LogP contribution >= 0.6 is 11.3 Å². The topological polar surface area (TPSA) is 40.5 Å². The molecule has 2 rings (SSSR count). The molecular weight excluding hydrogens is 196 g/mol. The second-order valence-corrected chi connectivity index (χ2v) is 4.10. The number of phenols is 1. The molecule has 14 heavy (non-hydrogen) atoms. The minimum absolute atomic E-state index is 0.110. The van der Waals surface area contributed by atoms with Crippen molar-refractivity contribution in [1.29, 1.82) is 0 Å². The molecule has 2 nitrogen and oxygen atoms in total. The first kappa shape index (κ1) is 9.49. The maximum atomic E-state index is 9.81. The van der Waals surface area contributed by atoms with Crippen LogP contribution in [0.5, 0.6) is 5.75 Å². The Kier molecular flexibility index (Phi) is 2.44. The number of aliphatic hydroxyl groups is 1. The number of hydrogen-bond donors (Lipinski definition) is 2. The van der Waals surface area contributed by atoms with E-state index in [0.717, 1.165) is 16.5 Å². The van der Waals surface area contributed by atoms with Gasteiger partial charge in [0.15, 0.2) is 0 Å². The van der Waals surface area contributed by atoms with E-state index in [4.69, 9.17) is 5.11 Å². The Morgan fingerprint density at radius 2 is 2.07 bits per heavy atom. The molecule has 0 bridgehead atoms. The molecular formula is C11H12O2S. The predicted octanol–water partition coefficient (Wildman–Crippen LogP) is 2.66. The van der Waals surface area contributed by atoms with Crippen molar-refractivity contribution in [2.45, 2.75) is 20.0 Å². The van der Waals surface area contributed by atoms with Crippen molar-refractivity contribution >= 4 is 21.4 Å². The molecule has 0 aliphatic rings. The molecule has 0 aliphatic heterocycles. The molecule has 0 fully saturated rings. The summed E-state index contributed by atoms with van der Waals surface area (Å²) in [6, 6.07) is 3.75. The first-order valence-corrected chi connectivity index (χ1v) is 5.47. The van der Waals surface area contributed by atoms with Crippen molar-refractivity contribution in [3.8, 4) is 5.75 Å². The molecule has 1 aromatic heterocycles. The standard InChI is InChI=1S/C11H12O2S/c1-2-7-6-14-11-9(7)4-3-8(5-12)10(11)13/h3-4,6,12-13H,2,5H2,1H3. The zero-order valence-electron chi connectivity index (χ0n) is 7.95. The number of aryl methyl sites for hydroxylation is 1. The van der Waals surface area contributed by atoms with Gasteiger partial charge in [0.25, 0.3) is 0 Å². The summed E-state index contributed by atoms with van der Waals surface area (Å²) in [7, 11) is 0. The van der Waals surface area contributed by atoms with E-state index in [2.05, 4.69) is 12.3 Å². The van der Waals surface area contributed by atoms with Gasteiger partial charge in [0.1, 0.15) is 5.75 Å². The summed E-state index contributed by atoms with van der Waals surface area (Å²) < 4.78 is 0.883. The molecule has 3 heteroatoms. The highest BCUT2D eigenvalue weighted by molar-refractivity contribution is 7.17. The summed E-state index contributed by atoms with van der Waals surface area (Å²) in [6.07, 6.45) is 0.970. The quantitative estimate of drug-likeness (QED) is 0.796. The number of fused-ring (bicyclic) bond motifs is 1. The maximum Gasteiger partial charge on any atom is 0.138 e. The van der Waals surface area contributed by atoms with Gasteiger partial charge in [-0.1, -0.05) is 19.1 Å². The lowest BCUT2D eigenvalue weighted by atomic mass is 10.1. The van der Waals surface area contributed by atoms with Gasteiger partial charge in [-0.05, 0) is 22.8 Å². The Bertz CT molecular complexity index is 460. The van der Waals surface area contributed by atoms with Gasteiger partial charge in [-0.25, -0.2) is 0 Å². The average molecular weight is 208 g/mol. The largest absolute Gasteiger partial charge is 0.506 e. The lowest BCUT2D eigenvalue weighted by molar-refractivity contribution is 0.276. The number of rotatable bonds is 2. The molecule has 1 aromatic carbocycles. The van der Waals surface area contributed by atoms with Gasteiger partial charge < -0.3 is 10.2 Å². The van der Waals surface area contributed by atoms with Crippen LogP contribution in [0.25, 0.3) is 10.1 Å². The van der Waals surface area contributed by atoms with E-state index in [1.807, 2.05) is 6.07 Å². The first-order chi connectivity index (χ1) is 6.77. The Balaban J connectivity index is 2.72. The summed E-state index contributed by atoms with van der Waals surface area (Å²) in [5.41, 5.74) is 1.85.